The van der Waals surface area contributed by atoms with Crippen LogP contribution in [0.15, 0.2) is 18.2 Å². The van der Waals surface area contributed by atoms with E-state index < -0.39 is 0 Å². The highest BCUT2D eigenvalue weighted by molar-refractivity contribution is 5.58. The van der Waals surface area contributed by atoms with E-state index in [2.05, 4.69) is 11.0 Å². The lowest BCUT2D eigenvalue weighted by molar-refractivity contribution is -0.384. The summed E-state index contributed by atoms with van der Waals surface area (Å²) < 4.78 is 0. The molecule has 1 aromatic rings. The molecule has 2 bridgehead atoms. The number of rotatable bonds is 2. The Labute approximate surface area is 112 Å². The third-order valence-electron chi connectivity index (χ3n) is 4.33. The van der Waals surface area contributed by atoms with E-state index in [4.69, 9.17) is 5.73 Å². The number of anilines is 1. The van der Waals surface area contributed by atoms with Crippen molar-refractivity contribution in [2.45, 2.75) is 50.7 Å². The first-order valence-corrected chi connectivity index (χ1v) is 6.84. The summed E-state index contributed by atoms with van der Waals surface area (Å²) in [4.78, 5) is 13.0. The molecular weight excluding hydrogens is 242 g/mol. The molecule has 2 aliphatic rings. The highest BCUT2D eigenvalue weighted by Crippen LogP contribution is 2.40. The van der Waals surface area contributed by atoms with Gasteiger partial charge in [-0.05, 0) is 44.2 Å². The fourth-order valence-electron chi connectivity index (χ4n) is 3.64. The molecule has 0 spiro atoms. The van der Waals surface area contributed by atoms with Crippen LogP contribution in [0.2, 0.25) is 0 Å². The van der Waals surface area contributed by atoms with E-state index in [1.54, 1.807) is 12.1 Å². The Kier molecular flexibility index (Phi) is 2.93. The molecule has 1 aromatic carbocycles. The number of nitro groups is 1. The summed E-state index contributed by atoms with van der Waals surface area (Å²) in [7, 11) is 0. The van der Waals surface area contributed by atoms with Gasteiger partial charge in [-0.2, -0.15) is 0 Å². The summed E-state index contributed by atoms with van der Waals surface area (Å²) in [5, 5.41) is 11.0. The van der Waals surface area contributed by atoms with Gasteiger partial charge < -0.3 is 10.6 Å². The highest BCUT2D eigenvalue weighted by Gasteiger charge is 2.40. The molecule has 2 atom stereocenters. The second-order valence-corrected chi connectivity index (χ2v) is 5.81. The van der Waals surface area contributed by atoms with E-state index in [9.17, 15) is 10.1 Å². The van der Waals surface area contributed by atoms with Crippen molar-refractivity contribution < 1.29 is 4.92 Å². The molecule has 5 heteroatoms. The number of nitro benzene ring substituents is 1. The van der Waals surface area contributed by atoms with Crippen LogP contribution in [0.4, 0.5) is 11.4 Å². The van der Waals surface area contributed by atoms with Crippen molar-refractivity contribution in [2.75, 3.05) is 4.90 Å². The summed E-state index contributed by atoms with van der Waals surface area (Å²) in [5.41, 5.74) is 8.19. The smallest absolute Gasteiger partial charge is 0.271 e. The predicted octanol–water partition coefficient (Wildman–Crippen LogP) is 2.36. The molecule has 19 heavy (non-hydrogen) atoms. The molecule has 0 aliphatic carbocycles. The van der Waals surface area contributed by atoms with Crippen molar-refractivity contribution in [3.63, 3.8) is 0 Å². The lowest BCUT2D eigenvalue weighted by atomic mass is 9.97. The minimum absolute atomic E-state index is 0.185. The van der Waals surface area contributed by atoms with Crippen LogP contribution in [-0.2, 0) is 0 Å². The summed E-state index contributed by atoms with van der Waals surface area (Å²) >= 11 is 0. The zero-order valence-corrected chi connectivity index (χ0v) is 11.1. The normalized spacial score (nSPS) is 29.6. The third-order valence-corrected chi connectivity index (χ3v) is 4.33. The topological polar surface area (TPSA) is 72.4 Å². The van der Waals surface area contributed by atoms with Gasteiger partial charge in [0, 0.05) is 35.9 Å². The number of piperidine rings is 1. The van der Waals surface area contributed by atoms with Gasteiger partial charge in [0.1, 0.15) is 0 Å². The second-order valence-electron chi connectivity index (χ2n) is 5.81. The van der Waals surface area contributed by atoms with E-state index in [1.807, 2.05) is 6.92 Å². The third kappa shape index (κ3) is 2.18. The molecule has 0 radical (unpaired) electrons. The summed E-state index contributed by atoms with van der Waals surface area (Å²) in [6.45, 7) is 1.91. The number of benzene rings is 1. The molecule has 0 aromatic heterocycles. The average molecular weight is 261 g/mol. The molecule has 2 unspecified atom stereocenters. The number of nitrogens with zero attached hydrogens (tertiary/aromatic N) is 2. The van der Waals surface area contributed by atoms with Crippen molar-refractivity contribution in [1.82, 2.24) is 0 Å². The van der Waals surface area contributed by atoms with Gasteiger partial charge in [0.15, 0.2) is 0 Å². The molecule has 102 valence electrons. The van der Waals surface area contributed by atoms with Crippen LogP contribution in [0.1, 0.15) is 31.2 Å². The van der Waals surface area contributed by atoms with E-state index in [-0.39, 0.29) is 16.7 Å². The second kappa shape index (κ2) is 4.49. The zero-order chi connectivity index (χ0) is 13.6. The molecule has 2 N–H and O–H groups in total. The first-order valence-electron chi connectivity index (χ1n) is 6.84. The molecule has 2 fully saturated rings. The lowest BCUT2D eigenvalue weighted by Gasteiger charge is -2.39. The van der Waals surface area contributed by atoms with E-state index in [0.29, 0.717) is 12.1 Å². The Balaban J connectivity index is 1.96. The molecule has 0 saturated carbocycles. The monoisotopic (exact) mass is 261 g/mol. The minimum Gasteiger partial charge on any atom is -0.365 e. The fraction of sp³-hybridized carbons (Fsp3) is 0.571. The van der Waals surface area contributed by atoms with Crippen molar-refractivity contribution in [1.29, 1.82) is 0 Å². The molecule has 3 rings (SSSR count). The highest BCUT2D eigenvalue weighted by atomic mass is 16.6. The maximum atomic E-state index is 11.0. The van der Waals surface area contributed by atoms with Gasteiger partial charge in [0.2, 0.25) is 0 Å². The Morgan fingerprint density at radius 1 is 1.26 bits per heavy atom. The average Bonchev–Trinajstić information content (AvgIpc) is 2.61. The summed E-state index contributed by atoms with van der Waals surface area (Å²) in [5.74, 6) is 0. The number of hydrogen-bond acceptors (Lipinski definition) is 4. The maximum Gasteiger partial charge on any atom is 0.271 e. The van der Waals surface area contributed by atoms with Crippen molar-refractivity contribution >= 4 is 11.4 Å². The fourth-order valence-corrected chi connectivity index (χ4v) is 3.64. The van der Waals surface area contributed by atoms with E-state index >= 15 is 0 Å². The zero-order valence-electron chi connectivity index (χ0n) is 11.1. The van der Waals surface area contributed by atoms with Gasteiger partial charge in [0.25, 0.3) is 5.69 Å². The molecule has 2 saturated heterocycles. The molecule has 2 heterocycles. The number of fused-ring (bicyclic) bond motifs is 2. The Bertz CT molecular complexity index is 503. The van der Waals surface area contributed by atoms with Gasteiger partial charge in [0.05, 0.1) is 4.92 Å². The van der Waals surface area contributed by atoms with E-state index in [1.165, 1.54) is 0 Å². The lowest BCUT2D eigenvalue weighted by Crippen LogP contribution is -2.47. The minimum atomic E-state index is -0.311. The Morgan fingerprint density at radius 3 is 2.47 bits per heavy atom. The summed E-state index contributed by atoms with van der Waals surface area (Å²) in [6, 6.07) is 6.57. The van der Waals surface area contributed by atoms with Crippen LogP contribution < -0.4 is 10.6 Å². The van der Waals surface area contributed by atoms with Crippen LogP contribution in [0, 0.1) is 17.0 Å². The van der Waals surface area contributed by atoms with Crippen LogP contribution in [0.25, 0.3) is 0 Å². The van der Waals surface area contributed by atoms with Crippen LogP contribution >= 0.6 is 0 Å². The standard InChI is InChI=1S/C14H19N3O2/c1-9-4-13(8-14(5-9)17(18)19)16-11-2-3-12(16)7-10(15)6-11/h4-5,8,10-12H,2-3,6-7,15H2,1H3. The van der Waals surface area contributed by atoms with Crippen molar-refractivity contribution in [3.05, 3.63) is 33.9 Å². The van der Waals surface area contributed by atoms with Gasteiger partial charge in [-0.1, -0.05) is 0 Å². The first-order chi connectivity index (χ1) is 9.04. The van der Waals surface area contributed by atoms with Crippen LogP contribution in [0.3, 0.4) is 0 Å². The number of nitrogens with two attached hydrogens (primary N) is 1. The van der Waals surface area contributed by atoms with Gasteiger partial charge >= 0.3 is 0 Å². The molecule has 2 aliphatic heterocycles. The van der Waals surface area contributed by atoms with Gasteiger partial charge in [-0.25, -0.2) is 0 Å². The molecular formula is C14H19N3O2. The maximum absolute atomic E-state index is 11.0. The number of non-ortho nitro benzene ring substituents is 1. The Hall–Kier alpha value is -1.62. The first kappa shape index (κ1) is 12.4. The largest absolute Gasteiger partial charge is 0.365 e. The summed E-state index contributed by atoms with van der Waals surface area (Å²) in [6.07, 6.45) is 4.30. The van der Waals surface area contributed by atoms with Crippen molar-refractivity contribution in [2.24, 2.45) is 5.73 Å². The van der Waals surface area contributed by atoms with E-state index in [0.717, 1.165) is 36.9 Å². The SMILES string of the molecule is Cc1cc(N2C3CCC2CC(N)C3)cc([N+](=O)[O-])c1. The van der Waals surface area contributed by atoms with Crippen LogP contribution in [0.5, 0.6) is 0 Å². The number of aryl methyl sites for hydroxylation is 1. The Morgan fingerprint density at radius 2 is 1.89 bits per heavy atom. The predicted molar refractivity (Wildman–Crippen MR) is 74.3 cm³/mol. The molecule has 5 nitrogen and oxygen atoms in total. The number of hydrogen-bond donors (Lipinski definition) is 1. The van der Waals surface area contributed by atoms with Gasteiger partial charge in [-0.15, -0.1) is 0 Å². The van der Waals surface area contributed by atoms with Gasteiger partial charge in [-0.3, -0.25) is 10.1 Å². The molecule has 0 amide bonds. The quantitative estimate of drug-likeness (QED) is 0.655. The van der Waals surface area contributed by atoms with Crippen molar-refractivity contribution in [3.8, 4) is 0 Å². The van der Waals surface area contributed by atoms with Crippen LogP contribution in [-0.4, -0.2) is 23.0 Å².